The number of hydrogen-bond acceptors (Lipinski definition) is 8. The molecule has 0 aromatic heterocycles. The maximum absolute atomic E-state index is 14.2. The summed E-state index contributed by atoms with van der Waals surface area (Å²) in [7, 11) is 4.41. The van der Waals surface area contributed by atoms with E-state index in [0.717, 1.165) is 0 Å². The van der Waals surface area contributed by atoms with Crippen LogP contribution in [0.5, 0.6) is 0 Å². The van der Waals surface area contributed by atoms with Crippen LogP contribution in [0.25, 0.3) is 0 Å². The quantitative estimate of drug-likeness (QED) is 0.255. The van der Waals surface area contributed by atoms with Gasteiger partial charge in [0.15, 0.2) is 0 Å². The number of aliphatic hydroxyl groups excluding tert-OH is 1. The molecule has 4 N–H and O–H groups in total. The highest BCUT2D eigenvalue weighted by Gasteiger charge is 2.43. The summed E-state index contributed by atoms with van der Waals surface area (Å²) in [6.45, 7) is 19.8. The van der Waals surface area contributed by atoms with Crippen LogP contribution in [0.4, 0.5) is 0 Å². The number of nitrogens with one attached hydrogen (secondary N) is 3. The molecule has 2 saturated heterocycles. The smallest absolute Gasteiger partial charge is 0.245 e. The minimum Gasteiger partial charge on any atom is -0.390 e. The average molecular weight is 776 g/mol. The van der Waals surface area contributed by atoms with Crippen LogP contribution in [-0.2, 0) is 33.6 Å². The zero-order chi connectivity index (χ0) is 42.1. The third-order valence-corrected chi connectivity index (χ3v) is 11.5. The van der Waals surface area contributed by atoms with Crippen molar-refractivity contribution in [1.29, 1.82) is 0 Å². The summed E-state index contributed by atoms with van der Waals surface area (Å²) >= 11 is 0. The SMILES string of the molecule is C=CC(C)CC1NC(=O)C(CC(C)C)N(C)C(=O)C(C)N(C)C(=O)C(C(C)CC)NC(=O)C(C(O)C(C)C)NC(=O)C2CCCCN2C(=O)C(C)N(C)C1=O. The second kappa shape index (κ2) is 20.8. The highest BCUT2D eigenvalue weighted by molar-refractivity contribution is 5.98. The zero-order valence-electron chi connectivity index (χ0n) is 35.3. The summed E-state index contributed by atoms with van der Waals surface area (Å²) in [5, 5.41) is 19.6. The number of hydrogen-bond donors (Lipinski definition) is 4. The first kappa shape index (κ1) is 47.1. The van der Waals surface area contributed by atoms with E-state index in [4.69, 9.17) is 0 Å². The summed E-state index contributed by atoms with van der Waals surface area (Å²) in [5.74, 6) is -5.25. The molecule has 312 valence electrons. The Morgan fingerprint density at radius 3 is 1.84 bits per heavy atom. The minimum atomic E-state index is -1.47. The zero-order valence-corrected chi connectivity index (χ0v) is 35.3. The topological polar surface area (TPSA) is 189 Å². The number of aliphatic hydroxyl groups is 1. The van der Waals surface area contributed by atoms with Crippen molar-refractivity contribution in [2.75, 3.05) is 27.7 Å². The first-order valence-electron chi connectivity index (χ1n) is 19.9. The predicted octanol–water partition coefficient (Wildman–Crippen LogP) is 1.68. The fourth-order valence-electron chi connectivity index (χ4n) is 7.05. The normalized spacial score (nSPS) is 29.3. The summed E-state index contributed by atoms with van der Waals surface area (Å²) < 4.78 is 0. The maximum atomic E-state index is 14.2. The average Bonchev–Trinajstić information content (AvgIpc) is 3.16. The molecular weight excluding hydrogens is 706 g/mol. The van der Waals surface area contributed by atoms with Crippen molar-refractivity contribution < 1.29 is 38.7 Å². The van der Waals surface area contributed by atoms with Crippen molar-refractivity contribution in [2.24, 2.45) is 23.7 Å². The van der Waals surface area contributed by atoms with Gasteiger partial charge in [-0.15, -0.1) is 6.58 Å². The largest absolute Gasteiger partial charge is 0.390 e. The van der Waals surface area contributed by atoms with Crippen molar-refractivity contribution in [1.82, 2.24) is 35.6 Å². The molecule has 2 fully saturated rings. The van der Waals surface area contributed by atoms with Gasteiger partial charge >= 0.3 is 0 Å². The number of amides is 7. The Morgan fingerprint density at radius 2 is 1.29 bits per heavy atom. The van der Waals surface area contributed by atoms with Gasteiger partial charge in [-0.3, -0.25) is 33.6 Å². The monoisotopic (exact) mass is 776 g/mol. The lowest BCUT2D eigenvalue weighted by molar-refractivity contribution is -0.151. The van der Waals surface area contributed by atoms with E-state index in [-0.39, 0.29) is 31.2 Å². The van der Waals surface area contributed by atoms with Gasteiger partial charge in [0.1, 0.15) is 42.3 Å². The van der Waals surface area contributed by atoms with Crippen LogP contribution >= 0.6 is 0 Å². The molecule has 15 heteroatoms. The Kier molecular flexibility index (Phi) is 17.8. The first-order valence-corrected chi connectivity index (χ1v) is 19.9. The fourth-order valence-corrected chi connectivity index (χ4v) is 7.05. The summed E-state index contributed by atoms with van der Waals surface area (Å²) in [6, 6.07) is -7.80. The second-order valence-electron chi connectivity index (χ2n) is 16.5. The van der Waals surface area contributed by atoms with Gasteiger partial charge in [0.05, 0.1) is 6.10 Å². The van der Waals surface area contributed by atoms with Gasteiger partial charge in [-0.25, -0.2) is 0 Å². The molecule has 0 spiro atoms. The molecule has 0 aromatic carbocycles. The van der Waals surface area contributed by atoms with Crippen LogP contribution in [0.2, 0.25) is 0 Å². The van der Waals surface area contributed by atoms with E-state index >= 15 is 0 Å². The number of carbonyl (C=O) groups is 7. The number of rotatable bonds is 9. The molecule has 0 aliphatic carbocycles. The van der Waals surface area contributed by atoms with Gasteiger partial charge in [0.25, 0.3) is 0 Å². The van der Waals surface area contributed by atoms with Gasteiger partial charge in [-0.2, -0.15) is 0 Å². The number of piperidine rings is 1. The van der Waals surface area contributed by atoms with Crippen molar-refractivity contribution >= 4 is 41.4 Å². The molecular formula is C40H69N7O8. The number of nitrogens with zero attached hydrogens (tertiary/aromatic N) is 4. The Balaban J connectivity index is 2.80. The van der Waals surface area contributed by atoms with Crippen molar-refractivity contribution in [2.45, 2.75) is 149 Å². The predicted molar refractivity (Wildman–Crippen MR) is 210 cm³/mol. The Hall–Kier alpha value is -4.01. The minimum absolute atomic E-state index is 0.0374. The maximum Gasteiger partial charge on any atom is 0.245 e. The van der Waals surface area contributed by atoms with E-state index in [9.17, 15) is 38.7 Å². The Bertz CT molecular complexity index is 1400. The molecule has 0 aromatic rings. The van der Waals surface area contributed by atoms with E-state index < -0.39 is 102 Å². The van der Waals surface area contributed by atoms with Crippen LogP contribution in [0.1, 0.15) is 101 Å². The molecule has 0 bridgehead atoms. The molecule has 0 radical (unpaired) electrons. The molecule has 55 heavy (non-hydrogen) atoms. The third-order valence-electron chi connectivity index (χ3n) is 11.5. The lowest BCUT2D eigenvalue weighted by atomic mass is 9.94. The molecule has 10 unspecified atom stereocenters. The van der Waals surface area contributed by atoms with Gasteiger partial charge in [-0.1, -0.05) is 61.0 Å². The van der Waals surface area contributed by atoms with Gasteiger partial charge in [0.2, 0.25) is 41.4 Å². The van der Waals surface area contributed by atoms with E-state index in [1.807, 2.05) is 27.7 Å². The number of likely N-dealkylation sites (N-methyl/N-ethyl adjacent to an activating group) is 3. The molecule has 7 amide bonds. The molecule has 2 rings (SSSR count). The lowest BCUT2D eigenvalue weighted by Gasteiger charge is -2.39. The third kappa shape index (κ3) is 11.7. The first-order chi connectivity index (χ1) is 25.6. The van der Waals surface area contributed by atoms with Crippen LogP contribution in [-0.4, -0.2) is 142 Å². The van der Waals surface area contributed by atoms with Crippen molar-refractivity contribution in [3.63, 3.8) is 0 Å². The molecule has 2 aliphatic heterocycles. The van der Waals surface area contributed by atoms with E-state index in [1.54, 1.807) is 40.7 Å². The second-order valence-corrected chi connectivity index (χ2v) is 16.5. The van der Waals surface area contributed by atoms with Crippen LogP contribution < -0.4 is 16.0 Å². The highest BCUT2D eigenvalue weighted by atomic mass is 16.3. The standard InChI is InChI=1S/C40H69N7O8/c1-14-24(7)21-28-39(54)44(11)27(10)38(53)47-19-17-16-18-29(47)34(49)43-32(33(48)23(5)6)36(51)42-31(25(8)15-2)40(55)45(12)26(9)37(52)46(13)30(20-22(3)4)35(50)41-28/h14,22-33,48H,1,15-21H2,2-13H3,(H,41,50)(H,42,51)(H,43,49). The van der Waals surface area contributed by atoms with Gasteiger partial charge < -0.3 is 40.7 Å². The highest BCUT2D eigenvalue weighted by Crippen LogP contribution is 2.23. The molecule has 2 aliphatic rings. The molecule has 2 heterocycles. The summed E-state index contributed by atoms with van der Waals surface area (Å²) in [4.78, 5) is 104. The van der Waals surface area contributed by atoms with E-state index in [2.05, 4.69) is 22.5 Å². The molecule has 15 nitrogen and oxygen atoms in total. The van der Waals surface area contributed by atoms with Crippen molar-refractivity contribution in [3.8, 4) is 0 Å². The molecule has 0 saturated carbocycles. The number of carbonyl (C=O) groups excluding carboxylic acids is 7. The Labute approximate surface area is 328 Å². The van der Waals surface area contributed by atoms with Gasteiger partial charge in [0, 0.05) is 27.7 Å². The van der Waals surface area contributed by atoms with E-state index in [0.29, 0.717) is 25.7 Å². The number of fused-ring (bicyclic) bond motifs is 1. The molecule has 10 atom stereocenters. The Morgan fingerprint density at radius 1 is 0.727 bits per heavy atom. The summed E-state index contributed by atoms with van der Waals surface area (Å²) in [6.07, 6.45) is 2.75. The van der Waals surface area contributed by atoms with Crippen LogP contribution in [0.15, 0.2) is 12.7 Å². The summed E-state index contributed by atoms with van der Waals surface area (Å²) in [5.41, 5.74) is 0. The van der Waals surface area contributed by atoms with Crippen LogP contribution in [0, 0.1) is 23.7 Å². The van der Waals surface area contributed by atoms with E-state index in [1.165, 1.54) is 40.7 Å². The lowest BCUT2D eigenvalue weighted by Crippen LogP contribution is -2.64. The van der Waals surface area contributed by atoms with Crippen molar-refractivity contribution in [3.05, 3.63) is 12.7 Å². The fraction of sp³-hybridized carbons (Fsp3) is 0.775. The van der Waals surface area contributed by atoms with Crippen LogP contribution in [0.3, 0.4) is 0 Å². The number of allylic oxidation sites excluding steroid dienone is 1. The van der Waals surface area contributed by atoms with Gasteiger partial charge in [-0.05, 0) is 69.6 Å².